The van der Waals surface area contributed by atoms with Crippen LogP contribution in [0.4, 0.5) is 0 Å². The van der Waals surface area contributed by atoms with Gasteiger partial charge in [-0.1, -0.05) is 19.3 Å². The minimum Gasteiger partial charge on any atom is -0.392 e. The van der Waals surface area contributed by atoms with Crippen molar-refractivity contribution in [2.45, 2.75) is 51.0 Å². The molecule has 2 rings (SSSR count). The van der Waals surface area contributed by atoms with Gasteiger partial charge in [0.2, 0.25) is 0 Å². The Labute approximate surface area is 93.7 Å². The van der Waals surface area contributed by atoms with E-state index in [-0.39, 0.29) is 6.10 Å². The van der Waals surface area contributed by atoms with Gasteiger partial charge in [0.25, 0.3) is 0 Å². The molecule has 0 aromatic heterocycles. The smallest absolute Gasteiger partial charge is 0.0695 e. The fraction of sp³-hybridized carbons (Fsp3) is 1.00. The first-order valence-electron chi connectivity index (χ1n) is 6.62. The lowest BCUT2D eigenvalue weighted by molar-refractivity contribution is 0.0958. The molecule has 2 aliphatic carbocycles. The number of rotatable bonds is 5. The molecule has 2 fully saturated rings. The highest BCUT2D eigenvalue weighted by Crippen LogP contribution is 2.33. The van der Waals surface area contributed by atoms with E-state index in [1.807, 2.05) is 0 Å². The van der Waals surface area contributed by atoms with Gasteiger partial charge in [-0.2, -0.15) is 0 Å². The molecule has 1 unspecified atom stereocenters. The lowest BCUT2D eigenvalue weighted by atomic mass is 9.89. The molecular formula is C13H25NO. The number of nitrogens with zero attached hydrogens (tertiary/aromatic N) is 1. The minimum absolute atomic E-state index is 0.0569. The Morgan fingerprint density at radius 3 is 2.40 bits per heavy atom. The number of aliphatic hydroxyl groups is 1. The maximum Gasteiger partial charge on any atom is 0.0695 e. The third-order valence-corrected chi connectivity index (χ3v) is 3.96. The zero-order valence-corrected chi connectivity index (χ0v) is 9.99. The molecule has 1 N–H and O–H groups in total. The maximum atomic E-state index is 9.85. The third kappa shape index (κ3) is 3.76. The van der Waals surface area contributed by atoms with E-state index in [2.05, 4.69) is 11.9 Å². The van der Waals surface area contributed by atoms with Crippen molar-refractivity contribution in [3.8, 4) is 0 Å². The number of hydrogen-bond acceptors (Lipinski definition) is 2. The van der Waals surface area contributed by atoms with E-state index < -0.39 is 0 Å². The summed E-state index contributed by atoms with van der Waals surface area (Å²) in [5, 5.41) is 9.85. The first kappa shape index (κ1) is 11.4. The van der Waals surface area contributed by atoms with Crippen molar-refractivity contribution in [2.24, 2.45) is 11.8 Å². The minimum atomic E-state index is -0.0569. The van der Waals surface area contributed by atoms with E-state index in [0.717, 1.165) is 12.5 Å². The van der Waals surface area contributed by atoms with Crippen molar-refractivity contribution >= 4 is 0 Å². The summed E-state index contributed by atoms with van der Waals surface area (Å²) < 4.78 is 0. The van der Waals surface area contributed by atoms with Crippen LogP contribution in [0.15, 0.2) is 0 Å². The van der Waals surface area contributed by atoms with E-state index in [1.165, 1.54) is 51.5 Å². The summed E-state index contributed by atoms with van der Waals surface area (Å²) in [4.78, 5) is 2.35. The van der Waals surface area contributed by atoms with E-state index in [1.54, 1.807) is 0 Å². The highest BCUT2D eigenvalue weighted by Gasteiger charge is 2.30. The maximum absolute atomic E-state index is 9.85. The zero-order chi connectivity index (χ0) is 10.7. The van der Waals surface area contributed by atoms with Crippen LogP contribution in [0.25, 0.3) is 0 Å². The number of aliphatic hydroxyl groups excluding tert-OH is 1. The lowest BCUT2D eigenvalue weighted by Gasteiger charge is -2.28. The van der Waals surface area contributed by atoms with Gasteiger partial charge in [0, 0.05) is 13.1 Å². The van der Waals surface area contributed by atoms with Crippen molar-refractivity contribution in [3.63, 3.8) is 0 Å². The SMILES string of the molecule is CN(CC1CCCCC1)CC(O)C1CC1. The van der Waals surface area contributed by atoms with Crippen LogP contribution in [0.1, 0.15) is 44.9 Å². The van der Waals surface area contributed by atoms with Gasteiger partial charge in [0.1, 0.15) is 0 Å². The fourth-order valence-electron chi connectivity index (χ4n) is 2.83. The molecule has 0 aromatic carbocycles. The summed E-state index contributed by atoms with van der Waals surface area (Å²) in [7, 11) is 2.17. The summed E-state index contributed by atoms with van der Waals surface area (Å²) in [6.45, 7) is 2.09. The molecule has 0 saturated heterocycles. The number of hydrogen-bond donors (Lipinski definition) is 1. The Bertz CT molecular complexity index is 185. The molecule has 0 amide bonds. The van der Waals surface area contributed by atoms with Crippen LogP contribution in [-0.2, 0) is 0 Å². The summed E-state index contributed by atoms with van der Waals surface area (Å²) >= 11 is 0. The highest BCUT2D eigenvalue weighted by atomic mass is 16.3. The van der Waals surface area contributed by atoms with Crippen molar-refractivity contribution < 1.29 is 5.11 Å². The molecular weight excluding hydrogens is 186 g/mol. The van der Waals surface area contributed by atoms with E-state index >= 15 is 0 Å². The van der Waals surface area contributed by atoms with Crippen LogP contribution in [-0.4, -0.2) is 36.2 Å². The van der Waals surface area contributed by atoms with Crippen LogP contribution in [0.5, 0.6) is 0 Å². The molecule has 0 aliphatic heterocycles. The standard InChI is InChI=1S/C13H25NO/c1-14(10-13(15)12-7-8-12)9-11-5-3-2-4-6-11/h11-13,15H,2-10H2,1H3. The Balaban J connectivity index is 1.63. The van der Waals surface area contributed by atoms with Gasteiger partial charge in [0.15, 0.2) is 0 Å². The van der Waals surface area contributed by atoms with Crippen molar-refractivity contribution in [2.75, 3.05) is 20.1 Å². The first-order chi connectivity index (χ1) is 7.25. The average Bonchev–Trinajstić information content (AvgIpc) is 3.01. The quantitative estimate of drug-likeness (QED) is 0.754. The van der Waals surface area contributed by atoms with Crippen LogP contribution < -0.4 is 0 Å². The third-order valence-electron chi connectivity index (χ3n) is 3.96. The molecule has 1 atom stereocenters. The largest absolute Gasteiger partial charge is 0.392 e. The van der Waals surface area contributed by atoms with E-state index in [0.29, 0.717) is 5.92 Å². The van der Waals surface area contributed by atoms with Crippen molar-refractivity contribution in [1.82, 2.24) is 4.90 Å². The second-order valence-electron chi connectivity index (χ2n) is 5.63. The van der Waals surface area contributed by atoms with Crippen molar-refractivity contribution in [1.29, 1.82) is 0 Å². The van der Waals surface area contributed by atoms with E-state index in [4.69, 9.17) is 0 Å². The van der Waals surface area contributed by atoms with Gasteiger partial charge >= 0.3 is 0 Å². The van der Waals surface area contributed by atoms with Gasteiger partial charge in [-0.05, 0) is 44.6 Å². The molecule has 2 nitrogen and oxygen atoms in total. The first-order valence-corrected chi connectivity index (χ1v) is 6.62. The molecule has 0 spiro atoms. The predicted molar refractivity (Wildman–Crippen MR) is 62.8 cm³/mol. The summed E-state index contributed by atoms with van der Waals surface area (Å²) in [5.41, 5.74) is 0. The van der Waals surface area contributed by atoms with Gasteiger partial charge < -0.3 is 10.0 Å². The Kier molecular flexibility index (Phi) is 4.04. The van der Waals surface area contributed by atoms with Crippen LogP contribution in [0.3, 0.4) is 0 Å². The highest BCUT2D eigenvalue weighted by molar-refractivity contribution is 4.83. The Hall–Kier alpha value is -0.0800. The zero-order valence-electron chi connectivity index (χ0n) is 9.99. The van der Waals surface area contributed by atoms with Gasteiger partial charge in [-0.15, -0.1) is 0 Å². The second-order valence-corrected chi connectivity index (χ2v) is 5.63. The Morgan fingerprint density at radius 1 is 1.13 bits per heavy atom. The average molecular weight is 211 g/mol. The van der Waals surface area contributed by atoms with Crippen LogP contribution >= 0.6 is 0 Å². The topological polar surface area (TPSA) is 23.5 Å². The molecule has 2 saturated carbocycles. The molecule has 2 aliphatic rings. The molecule has 0 bridgehead atoms. The normalized spacial score (nSPS) is 25.8. The molecule has 0 aromatic rings. The van der Waals surface area contributed by atoms with Gasteiger partial charge in [-0.3, -0.25) is 0 Å². The molecule has 2 heteroatoms. The van der Waals surface area contributed by atoms with Gasteiger partial charge in [0.05, 0.1) is 6.10 Å². The molecule has 0 heterocycles. The molecule has 15 heavy (non-hydrogen) atoms. The van der Waals surface area contributed by atoms with Crippen LogP contribution in [0, 0.1) is 11.8 Å². The summed E-state index contributed by atoms with van der Waals surface area (Å²) in [6.07, 6.45) is 9.53. The Morgan fingerprint density at radius 2 is 1.80 bits per heavy atom. The lowest BCUT2D eigenvalue weighted by Crippen LogP contribution is -2.34. The monoisotopic (exact) mass is 211 g/mol. The number of likely N-dealkylation sites (N-methyl/N-ethyl adjacent to an activating group) is 1. The fourth-order valence-corrected chi connectivity index (χ4v) is 2.83. The van der Waals surface area contributed by atoms with Crippen LogP contribution in [0.2, 0.25) is 0 Å². The summed E-state index contributed by atoms with van der Waals surface area (Å²) in [6, 6.07) is 0. The second kappa shape index (κ2) is 5.31. The van der Waals surface area contributed by atoms with Gasteiger partial charge in [-0.25, -0.2) is 0 Å². The molecule has 0 radical (unpaired) electrons. The van der Waals surface area contributed by atoms with E-state index in [9.17, 15) is 5.11 Å². The molecule has 88 valence electrons. The van der Waals surface area contributed by atoms with Crippen molar-refractivity contribution in [3.05, 3.63) is 0 Å². The summed E-state index contributed by atoms with van der Waals surface area (Å²) in [5.74, 6) is 1.52. The predicted octanol–water partition coefficient (Wildman–Crippen LogP) is 2.27.